The standard InChI is InChI=1S/C25H27N7O2S/c1-14(2)20-13-34-25(33)32(20)23-22-19(10-11-35-22)30-24(31-23)28-15(3)16-4-7-18(8-5-16)29-21-9-6-17(26)12-27-21/h4-12,14-15,20H,13,26H2,1-3H3,(H,27,29)(H,28,30,31)/t15?,20-/m1/s1. The summed E-state index contributed by atoms with van der Waals surface area (Å²) in [5, 5.41) is 8.62. The molecule has 0 aliphatic carbocycles. The summed E-state index contributed by atoms with van der Waals surface area (Å²) in [5.41, 5.74) is 9.11. The molecule has 180 valence electrons. The van der Waals surface area contributed by atoms with Crippen molar-refractivity contribution in [2.45, 2.75) is 32.9 Å². The highest BCUT2D eigenvalue weighted by Gasteiger charge is 2.38. The van der Waals surface area contributed by atoms with Gasteiger partial charge in [-0.1, -0.05) is 26.0 Å². The Kier molecular flexibility index (Phi) is 6.12. The van der Waals surface area contributed by atoms with Gasteiger partial charge in [0, 0.05) is 5.69 Å². The van der Waals surface area contributed by atoms with E-state index in [-0.39, 0.29) is 24.1 Å². The number of benzene rings is 1. The lowest BCUT2D eigenvalue weighted by Crippen LogP contribution is -2.38. The third-order valence-electron chi connectivity index (χ3n) is 6.00. The van der Waals surface area contributed by atoms with Gasteiger partial charge in [-0.25, -0.2) is 14.8 Å². The van der Waals surface area contributed by atoms with Gasteiger partial charge in [0.15, 0.2) is 5.82 Å². The van der Waals surface area contributed by atoms with E-state index in [1.54, 1.807) is 17.2 Å². The van der Waals surface area contributed by atoms with Gasteiger partial charge in [-0.15, -0.1) is 11.3 Å². The van der Waals surface area contributed by atoms with Crippen molar-refractivity contribution < 1.29 is 9.53 Å². The number of nitrogens with two attached hydrogens (primary N) is 1. The molecule has 0 saturated carbocycles. The summed E-state index contributed by atoms with van der Waals surface area (Å²) in [6.45, 7) is 6.57. The van der Waals surface area contributed by atoms with Crippen molar-refractivity contribution in [1.82, 2.24) is 15.0 Å². The highest BCUT2D eigenvalue weighted by Crippen LogP contribution is 2.35. The highest BCUT2D eigenvalue weighted by atomic mass is 32.1. The molecule has 1 aliphatic heterocycles. The number of amides is 1. The second kappa shape index (κ2) is 9.38. The predicted molar refractivity (Wildman–Crippen MR) is 140 cm³/mol. The van der Waals surface area contributed by atoms with Gasteiger partial charge in [-0.05, 0) is 54.1 Å². The number of pyridine rings is 1. The first-order chi connectivity index (χ1) is 16.9. The van der Waals surface area contributed by atoms with Crippen molar-refractivity contribution in [3.8, 4) is 0 Å². The van der Waals surface area contributed by atoms with Crippen LogP contribution in [0.4, 0.5) is 33.8 Å². The van der Waals surface area contributed by atoms with Crippen molar-refractivity contribution in [3.05, 3.63) is 59.6 Å². The van der Waals surface area contributed by atoms with Crippen LogP contribution in [0.2, 0.25) is 0 Å². The van der Waals surface area contributed by atoms with E-state index in [2.05, 4.69) is 34.4 Å². The molecule has 4 aromatic rings. The third-order valence-corrected chi connectivity index (χ3v) is 6.90. The second-order valence-corrected chi connectivity index (χ2v) is 9.77. The first-order valence-electron chi connectivity index (χ1n) is 11.5. The summed E-state index contributed by atoms with van der Waals surface area (Å²) in [4.78, 5) is 28.0. The minimum absolute atomic E-state index is 0.0611. The number of anilines is 5. The van der Waals surface area contributed by atoms with Crippen LogP contribution >= 0.6 is 11.3 Å². The van der Waals surface area contributed by atoms with Gasteiger partial charge in [-0.2, -0.15) is 4.98 Å². The molecule has 1 aliphatic rings. The number of carbonyl (C=O) groups excluding carboxylic acids is 1. The number of fused-ring (bicyclic) bond motifs is 1. The monoisotopic (exact) mass is 489 g/mol. The molecule has 1 fully saturated rings. The Hall–Kier alpha value is -3.92. The Balaban J connectivity index is 1.36. The lowest BCUT2D eigenvalue weighted by atomic mass is 10.0. The molecule has 5 rings (SSSR count). The van der Waals surface area contributed by atoms with Crippen LogP contribution in [0.25, 0.3) is 10.2 Å². The fourth-order valence-corrected chi connectivity index (χ4v) is 4.82. The maximum Gasteiger partial charge on any atom is 0.415 e. The summed E-state index contributed by atoms with van der Waals surface area (Å²) < 4.78 is 6.24. The van der Waals surface area contributed by atoms with Gasteiger partial charge in [0.25, 0.3) is 0 Å². The van der Waals surface area contributed by atoms with E-state index < -0.39 is 0 Å². The first-order valence-corrected chi connectivity index (χ1v) is 12.3. The molecule has 4 heterocycles. The molecule has 1 amide bonds. The minimum atomic E-state index is -0.366. The molecule has 0 radical (unpaired) electrons. The number of carbonyl (C=O) groups is 1. The van der Waals surface area contributed by atoms with Crippen molar-refractivity contribution in [2.75, 3.05) is 27.9 Å². The van der Waals surface area contributed by atoms with E-state index in [1.165, 1.54) is 11.3 Å². The molecular formula is C25H27N7O2S. The Morgan fingerprint density at radius 1 is 1.11 bits per heavy atom. The Morgan fingerprint density at radius 2 is 1.91 bits per heavy atom. The maximum absolute atomic E-state index is 12.6. The maximum atomic E-state index is 12.6. The Labute approximate surface area is 207 Å². The number of ether oxygens (including phenoxy) is 1. The molecular weight excluding hydrogens is 462 g/mol. The summed E-state index contributed by atoms with van der Waals surface area (Å²) in [5.74, 6) is 2.02. The van der Waals surface area contributed by atoms with Gasteiger partial charge in [-0.3, -0.25) is 4.90 Å². The molecule has 1 aromatic carbocycles. The zero-order chi connectivity index (χ0) is 24.5. The van der Waals surface area contributed by atoms with E-state index in [0.29, 0.717) is 24.1 Å². The van der Waals surface area contributed by atoms with Crippen LogP contribution in [0.15, 0.2) is 54.0 Å². The molecule has 1 saturated heterocycles. The highest BCUT2D eigenvalue weighted by molar-refractivity contribution is 7.17. The van der Waals surface area contributed by atoms with E-state index in [9.17, 15) is 4.79 Å². The molecule has 0 bridgehead atoms. The number of hydrogen-bond donors (Lipinski definition) is 3. The minimum Gasteiger partial charge on any atom is -0.447 e. The molecule has 9 nitrogen and oxygen atoms in total. The summed E-state index contributed by atoms with van der Waals surface area (Å²) in [7, 11) is 0. The summed E-state index contributed by atoms with van der Waals surface area (Å²) >= 11 is 1.52. The van der Waals surface area contributed by atoms with Gasteiger partial charge >= 0.3 is 6.09 Å². The number of hydrogen-bond acceptors (Lipinski definition) is 9. The molecule has 35 heavy (non-hydrogen) atoms. The van der Waals surface area contributed by atoms with Crippen molar-refractivity contribution in [2.24, 2.45) is 5.92 Å². The first kappa shape index (κ1) is 22.9. The molecule has 4 N–H and O–H groups in total. The third kappa shape index (κ3) is 4.69. The number of aromatic nitrogens is 3. The van der Waals surface area contributed by atoms with Crippen LogP contribution in [0.1, 0.15) is 32.4 Å². The average Bonchev–Trinajstić information content (AvgIpc) is 3.47. The summed E-state index contributed by atoms with van der Waals surface area (Å²) in [6.07, 6.45) is 1.25. The SMILES string of the molecule is CC(Nc1nc(N2C(=O)OC[C@@H]2C(C)C)c2sccc2n1)c1ccc(Nc2ccc(N)cn2)cc1. The van der Waals surface area contributed by atoms with Crippen LogP contribution in [0.5, 0.6) is 0 Å². The number of rotatable bonds is 7. The van der Waals surface area contributed by atoms with Crippen LogP contribution in [0.3, 0.4) is 0 Å². The van der Waals surface area contributed by atoms with Crippen LogP contribution < -0.4 is 21.3 Å². The van der Waals surface area contributed by atoms with Crippen LogP contribution in [-0.2, 0) is 4.74 Å². The summed E-state index contributed by atoms with van der Waals surface area (Å²) in [6, 6.07) is 13.5. The fourth-order valence-electron chi connectivity index (χ4n) is 4.01. The van der Waals surface area contributed by atoms with Crippen molar-refractivity contribution >= 4 is 56.6 Å². The van der Waals surface area contributed by atoms with Crippen LogP contribution in [-0.4, -0.2) is 33.7 Å². The van der Waals surface area contributed by atoms with E-state index in [1.807, 2.05) is 48.7 Å². The smallest absolute Gasteiger partial charge is 0.415 e. The molecule has 1 unspecified atom stereocenters. The number of nitrogen functional groups attached to an aromatic ring is 1. The molecule has 3 aromatic heterocycles. The average molecular weight is 490 g/mol. The predicted octanol–water partition coefficient (Wildman–Crippen LogP) is 5.57. The van der Waals surface area contributed by atoms with Crippen LogP contribution in [0, 0.1) is 5.92 Å². The number of thiophene rings is 1. The lowest BCUT2D eigenvalue weighted by molar-refractivity contribution is 0.177. The molecule has 0 spiro atoms. The van der Waals surface area contributed by atoms with Gasteiger partial charge in [0.2, 0.25) is 5.95 Å². The lowest BCUT2D eigenvalue weighted by Gasteiger charge is -2.24. The van der Waals surface area contributed by atoms with Gasteiger partial charge in [0.1, 0.15) is 12.4 Å². The number of cyclic esters (lactones) is 1. The normalized spacial score (nSPS) is 16.5. The Bertz CT molecular complexity index is 1340. The molecule has 2 atom stereocenters. The number of nitrogens with one attached hydrogen (secondary N) is 2. The largest absolute Gasteiger partial charge is 0.447 e. The van der Waals surface area contributed by atoms with Crippen molar-refractivity contribution in [1.29, 1.82) is 0 Å². The van der Waals surface area contributed by atoms with Gasteiger partial charge < -0.3 is 21.1 Å². The second-order valence-electron chi connectivity index (χ2n) is 8.85. The molecule has 10 heteroatoms. The van der Waals surface area contributed by atoms with E-state index in [0.717, 1.165) is 27.3 Å². The quantitative estimate of drug-likeness (QED) is 0.308. The van der Waals surface area contributed by atoms with E-state index >= 15 is 0 Å². The van der Waals surface area contributed by atoms with E-state index in [4.69, 9.17) is 15.5 Å². The fraction of sp³-hybridized carbons (Fsp3) is 0.280. The zero-order valence-electron chi connectivity index (χ0n) is 19.7. The topological polar surface area (TPSA) is 118 Å². The number of nitrogens with zero attached hydrogens (tertiary/aromatic N) is 4. The van der Waals surface area contributed by atoms with Gasteiger partial charge in [0.05, 0.1) is 34.2 Å². The van der Waals surface area contributed by atoms with Crippen molar-refractivity contribution in [3.63, 3.8) is 0 Å². The zero-order valence-corrected chi connectivity index (χ0v) is 20.5. The Morgan fingerprint density at radius 3 is 2.63 bits per heavy atom.